The Labute approximate surface area is 98.6 Å². The normalized spacial score (nSPS) is 25.0. The van der Waals surface area contributed by atoms with Gasteiger partial charge < -0.3 is 10.0 Å². The summed E-state index contributed by atoms with van der Waals surface area (Å²) >= 11 is 5.52. The molecular formula is C10H14ClN3O2. The van der Waals surface area contributed by atoms with Crippen LogP contribution in [-0.2, 0) is 4.79 Å². The maximum absolute atomic E-state index is 11.6. The van der Waals surface area contributed by atoms with Gasteiger partial charge in [0.2, 0.25) is 5.91 Å². The second-order valence-electron chi connectivity index (χ2n) is 3.86. The molecule has 2 unspecified atom stereocenters. The summed E-state index contributed by atoms with van der Waals surface area (Å²) in [6, 6.07) is 1.66. The highest BCUT2D eigenvalue weighted by Crippen LogP contribution is 2.21. The van der Waals surface area contributed by atoms with Crippen molar-refractivity contribution in [3.63, 3.8) is 0 Å². The van der Waals surface area contributed by atoms with Gasteiger partial charge in [0.1, 0.15) is 0 Å². The lowest BCUT2D eigenvalue weighted by atomic mass is 10.2. The van der Waals surface area contributed by atoms with Crippen molar-refractivity contribution in [1.29, 1.82) is 0 Å². The van der Waals surface area contributed by atoms with E-state index in [1.807, 2.05) is 0 Å². The summed E-state index contributed by atoms with van der Waals surface area (Å²) in [6.07, 6.45) is 3.22. The van der Waals surface area contributed by atoms with Crippen molar-refractivity contribution in [3.05, 3.63) is 18.5 Å². The van der Waals surface area contributed by atoms with Crippen LogP contribution in [0.25, 0.3) is 0 Å². The third kappa shape index (κ3) is 2.20. The Hall–Kier alpha value is -1.07. The second kappa shape index (κ2) is 4.84. The highest BCUT2D eigenvalue weighted by atomic mass is 35.5. The summed E-state index contributed by atoms with van der Waals surface area (Å²) in [5.41, 5.74) is 0. The summed E-state index contributed by atoms with van der Waals surface area (Å²) in [7, 11) is 0. The molecule has 1 aliphatic heterocycles. The molecule has 5 nitrogen and oxygen atoms in total. The maximum Gasteiger partial charge on any atom is 0.223 e. The van der Waals surface area contributed by atoms with E-state index < -0.39 is 6.10 Å². The van der Waals surface area contributed by atoms with Gasteiger partial charge in [-0.15, -0.1) is 11.6 Å². The van der Waals surface area contributed by atoms with Crippen molar-refractivity contribution < 1.29 is 9.90 Å². The zero-order chi connectivity index (χ0) is 11.5. The standard InChI is InChI=1S/C10H14ClN3O2/c11-3-2-10(16)13-6-8(9(15)7-13)14-5-1-4-12-14/h1,4-5,8-9,15H,2-3,6-7H2. The van der Waals surface area contributed by atoms with Gasteiger partial charge in [-0.25, -0.2) is 0 Å². The number of halogens is 1. The summed E-state index contributed by atoms with van der Waals surface area (Å²) in [5.74, 6) is 0.307. The van der Waals surface area contributed by atoms with E-state index in [1.54, 1.807) is 28.0 Å². The van der Waals surface area contributed by atoms with E-state index in [0.717, 1.165) is 0 Å². The lowest BCUT2D eigenvalue weighted by Gasteiger charge is -2.15. The van der Waals surface area contributed by atoms with Crippen LogP contribution in [0.2, 0.25) is 0 Å². The van der Waals surface area contributed by atoms with Crippen molar-refractivity contribution in [3.8, 4) is 0 Å². The molecule has 0 bridgehead atoms. The molecule has 6 heteroatoms. The second-order valence-corrected chi connectivity index (χ2v) is 4.24. The molecule has 1 aromatic rings. The largest absolute Gasteiger partial charge is 0.389 e. The lowest BCUT2D eigenvalue weighted by Crippen LogP contribution is -2.29. The summed E-state index contributed by atoms with van der Waals surface area (Å²) in [4.78, 5) is 13.2. The molecule has 1 saturated heterocycles. The molecule has 0 aliphatic carbocycles. The average Bonchev–Trinajstić information content (AvgIpc) is 2.86. The highest BCUT2D eigenvalue weighted by molar-refractivity contribution is 6.18. The van der Waals surface area contributed by atoms with Gasteiger partial charge in [0.05, 0.1) is 12.1 Å². The molecule has 1 aromatic heterocycles. The van der Waals surface area contributed by atoms with E-state index >= 15 is 0 Å². The van der Waals surface area contributed by atoms with Gasteiger partial charge in [0.25, 0.3) is 0 Å². The maximum atomic E-state index is 11.6. The molecule has 88 valence electrons. The Kier molecular flexibility index (Phi) is 3.46. The molecule has 1 N–H and O–H groups in total. The predicted molar refractivity (Wildman–Crippen MR) is 59.2 cm³/mol. The molecule has 0 saturated carbocycles. The topological polar surface area (TPSA) is 58.4 Å². The number of carbonyl (C=O) groups is 1. The molecule has 2 atom stereocenters. The van der Waals surface area contributed by atoms with E-state index in [0.29, 0.717) is 25.4 Å². The van der Waals surface area contributed by atoms with Crippen molar-refractivity contribution in [2.45, 2.75) is 18.6 Å². The number of aromatic nitrogens is 2. The molecule has 2 heterocycles. The van der Waals surface area contributed by atoms with Crippen molar-refractivity contribution in [2.24, 2.45) is 0 Å². The van der Waals surface area contributed by atoms with E-state index in [1.165, 1.54) is 0 Å². The summed E-state index contributed by atoms with van der Waals surface area (Å²) in [5, 5.41) is 13.9. The number of aliphatic hydroxyl groups excluding tert-OH is 1. The Morgan fingerprint density at radius 3 is 3.00 bits per heavy atom. The minimum atomic E-state index is -0.556. The molecule has 0 aromatic carbocycles. The lowest BCUT2D eigenvalue weighted by molar-refractivity contribution is -0.130. The third-order valence-electron chi connectivity index (χ3n) is 2.78. The first-order valence-corrected chi connectivity index (χ1v) is 5.76. The van der Waals surface area contributed by atoms with Crippen LogP contribution in [0.3, 0.4) is 0 Å². The van der Waals surface area contributed by atoms with Crippen LogP contribution >= 0.6 is 11.6 Å². The summed E-state index contributed by atoms with van der Waals surface area (Å²) in [6.45, 7) is 0.860. The monoisotopic (exact) mass is 243 g/mol. The molecule has 0 radical (unpaired) electrons. The highest BCUT2D eigenvalue weighted by Gasteiger charge is 2.34. The zero-order valence-corrected chi connectivity index (χ0v) is 9.55. The van der Waals surface area contributed by atoms with Crippen LogP contribution in [0.5, 0.6) is 0 Å². The van der Waals surface area contributed by atoms with Crippen LogP contribution in [0.4, 0.5) is 0 Å². The molecule has 1 amide bonds. The number of alkyl halides is 1. The van der Waals surface area contributed by atoms with E-state index in [2.05, 4.69) is 5.10 Å². The third-order valence-corrected chi connectivity index (χ3v) is 2.97. The Bertz CT molecular complexity index is 355. The quantitative estimate of drug-likeness (QED) is 0.775. The first kappa shape index (κ1) is 11.4. The van der Waals surface area contributed by atoms with Crippen LogP contribution < -0.4 is 0 Å². The average molecular weight is 244 g/mol. The van der Waals surface area contributed by atoms with Gasteiger partial charge in [-0.2, -0.15) is 5.10 Å². The number of β-amino-alcohol motifs (C(OH)–C–C–N with tert-alkyl or cyclic N) is 1. The Balaban J connectivity index is 2.02. The Morgan fingerprint density at radius 1 is 1.56 bits per heavy atom. The molecule has 2 rings (SSSR count). The van der Waals surface area contributed by atoms with Gasteiger partial charge in [0.15, 0.2) is 0 Å². The van der Waals surface area contributed by atoms with Gasteiger partial charge >= 0.3 is 0 Å². The van der Waals surface area contributed by atoms with Crippen molar-refractivity contribution in [2.75, 3.05) is 19.0 Å². The molecule has 1 fully saturated rings. The number of aliphatic hydroxyl groups is 1. The molecular weight excluding hydrogens is 230 g/mol. The van der Waals surface area contributed by atoms with E-state index in [-0.39, 0.29) is 11.9 Å². The van der Waals surface area contributed by atoms with Crippen molar-refractivity contribution >= 4 is 17.5 Å². The fourth-order valence-electron chi connectivity index (χ4n) is 1.95. The number of hydrogen-bond acceptors (Lipinski definition) is 3. The smallest absolute Gasteiger partial charge is 0.223 e. The number of amides is 1. The van der Waals surface area contributed by atoms with Gasteiger partial charge in [-0.05, 0) is 6.07 Å². The molecule has 1 aliphatic rings. The number of likely N-dealkylation sites (tertiary alicyclic amines) is 1. The van der Waals surface area contributed by atoms with E-state index in [9.17, 15) is 9.90 Å². The van der Waals surface area contributed by atoms with Gasteiger partial charge in [-0.1, -0.05) is 0 Å². The number of carbonyl (C=O) groups excluding carboxylic acids is 1. The van der Waals surface area contributed by atoms with Crippen LogP contribution in [-0.4, -0.2) is 50.8 Å². The van der Waals surface area contributed by atoms with Crippen molar-refractivity contribution in [1.82, 2.24) is 14.7 Å². The number of hydrogen-bond donors (Lipinski definition) is 1. The fraction of sp³-hybridized carbons (Fsp3) is 0.600. The van der Waals surface area contributed by atoms with Crippen LogP contribution in [0.15, 0.2) is 18.5 Å². The minimum absolute atomic E-state index is 0.0105. The van der Waals surface area contributed by atoms with Crippen LogP contribution in [0, 0.1) is 0 Å². The molecule has 16 heavy (non-hydrogen) atoms. The van der Waals surface area contributed by atoms with Gasteiger partial charge in [0, 0.05) is 37.8 Å². The predicted octanol–water partition coefficient (Wildman–Crippen LogP) is 0.256. The van der Waals surface area contributed by atoms with E-state index in [4.69, 9.17) is 11.6 Å². The molecule has 0 spiro atoms. The fourth-order valence-corrected chi connectivity index (χ4v) is 2.11. The van der Waals surface area contributed by atoms with Crippen LogP contribution in [0.1, 0.15) is 12.5 Å². The first-order chi connectivity index (χ1) is 7.72. The SMILES string of the molecule is O=C(CCCl)N1CC(O)C(n2cccn2)C1. The number of rotatable bonds is 3. The van der Waals surface area contributed by atoms with Gasteiger partial charge in [-0.3, -0.25) is 9.48 Å². The minimum Gasteiger partial charge on any atom is -0.389 e. The summed E-state index contributed by atoms with van der Waals surface area (Å²) < 4.78 is 1.69. The number of nitrogens with zero attached hydrogens (tertiary/aromatic N) is 3. The first-order valence-electron chi connectivity index (χ1n) is 5.23. The Morgan fingerprint density at radius 2 is 2.38 bits per heavy atom. The zero-order valence-electron chi connectivity index (χ0n) is 8.79.